The highest BCUT2D eigenvalue weighted by molar-refractivity contribution is 5.95. The summed E-state index contributed by atoms with van der Waals surface area (Å²) in [5, 5.41) is 21.2. The highest BCUT2D eigenvalue weighted by Crippen LogP contribution is 2.43. The molecule has 6 nitrogen and oxygen atoms in total. The minimum absolute atomic E-state index is 0.0176. The number of Topliss-reactive ketones (excluding diaryl/α,β-unsaturated/α-hetero) is 1. The fraction of sp³-hybridized carbons (Fsp3) is 0.533. The first-order chi connectivity index (χ1) is 9.97. The zero-order valence-corrected chi connectivity index (χ0v) is 11.9. The fourth-order valence-corrected chi connectivity index (χ4v) is 3.65. The molecule has 0 radical (unpaired) electrons. The van der Waals surface area contributed by atoms with Crippen molar-refractivity contribution in [3.63, 3.8) is 0 Å². The summed E-state index contributed by atoms with van der Waals surface area (Å²) in [7, 11) is 0. The second-order valence-corrected chi connectivity index (χ2v) is 5.93. The van der Waals surface area contributed by atoms with E-state index in [0.717, 1.165) is 12.8 Å². The first kappa shape index (κ1) is 14.0. The molecular formula is C15H18N2O4. The molecule has 112 valence electrons. The monoisotopic (exact) mass is 290 g/mol. The number of hydrogen-bond acceptors (Lipinski definition) is 5. The van der Waals surface area contributed by atoms with Crippen molar-refractivity contribution in [3.8, 4) is 0 Å². The number of carbonyl (C=O) groups is 1. The van der Waals surface area contributed by atoms with Crippen molar-refractivity contribution in [1.29, 1.82) is 0 Å². The Labute approximate surface area is 122 Å². The van der Waals surface area contributed by atoms with Crippen molar-refractivity contribution in [2.24, 2.45) is 0 Å². The van der Waals surface area contributed by atoms with Gasteiger partial charge in [0.2, 0.25) is 0 Å². The van der Waals surface area contributed by atoms with Gasteiger partial charge >= 0.3 is 0 Å². The van der Waals surface area contributed by atoms with Crippen molar-refractivity contribution in [2.75, 3.05) is 4.90 Å². The van der Waals surface area contributed by atoms with Crippen molar-refractivity contribution in [2.45, 2.75) is 50.8 Å². The van der Waals surface area contributed by atoms with Crippen LogP contribution in [0, 0.1) is 10.1 Å². The molecule has 2 bridgehead atoms. The molecule has 2 unspecified atom stereocenters. The van der Waals surface area contributed by atoms with Crippen molar-refractivity contribution in [3.05, 3.63) is 33.9 Å². The van der Waals surface area contributed by atoms with E-state index in [1.54, 1.807) is 12.1 Å². The largest absolute Gasteiger partial charge is 0.393 e. The number of benzene rings is 1. The minimum atomic E-state index is -0.424. The second kappa shape index (κ2) is 5.11. The number of fused-ring (bicyclic) bond motifs is 2. The number of hydrogen-bond donors (Lipinski definition) is 1. The van der Waals surface area contributed by atoms with E-state index in [9.17, 15) is 20.0 Å². The summed E-state index contributed by atoms with van der Waals surface area (Å²) in [6, 6.07) is 5.00. The number of piperidine rings is 1. The number of aliphatic hydroxyl groups excluding tert-OH is 1. The summed E-state index contributed by atoms with van der Waals surface area (Å²) in [5.41, 5.74) is 0.912. The molecule has 6 heteroatoms. The van der Waals surface area contributed by atoms with Crippen molar-refractivity contribution < 1.29 is 14.8 Å². The lowest BCUT2D eigenvalue weighted by Crippen LogP contribution is -2.45. The average Bonchev–Trinajstić information content (AvgIpc) is 2.69. The Balaban J connectivity index is 2.02. The molecule has 0 aromatic heterocycles. The molecule has 2 heterocycles. The van der Waals surface area contributed by atoms with Gasteiger partial charge in [0.05, 0.1) is 11.0 Å². The number of anilines is 1. The van der Waals surface area contributed by atoms with Gasteiger partial charge in [0.1, 0.15) is 5.69 Å². The van der Waals surface area contributed by atoms with E-state index in [2.05, 4.69) is 4.90 Å². The summed E-state index contributed by atoms with van der Waals surface area (Å²) in [5.74, 6) is -0.179. The lowest BCUT2D eigenvalue weighted by atomic mass is 9.98. The molecule has 21 heavy (non-hydrogen) atoms. The molecule has 0 aliphatic carbocycles. The van der Waals surface area contributed by atoms with Crippen LogP contribution in [0.1, 0.15) is 43.0 Å². The van der Waals surface area contributed by atoms with Crippen LogP contribution in [0.15, 0.2) is 18.2 Å². The number of rotatable bonds is 3. The highest BCUT2D eigenvalue weighted by Gasteiger charge is 2.42. The van der Waals surface area contributed by atoms with Gasteiger partial charge < -0.3 is 10.0 Å². The third-order valence-electron chi connectivity index (χ3n) is 4.57. The molecule has 3 rings (SSSR count). The van der Waals surface area contributed by atoms with E-state index < -0.39 is 4.92 Å². The van der Waals surface area contributed by atoms with Gasteiger partial charge in [0, 0.05) is 23.7 Å². The lowest BCUT2D eigenvalue weighted by Gasteiger charge is -2.38. The Morgan fingerprint density at radius 3 is 2.48 bits per heavy atom. The van der Waals surface area contributed by atoms with Crippen LogP contribution in [0.4, 0.5) is 11.4 Å². The molecule has 2 aliphatic heterocycles. The highest BCUT2D eigenvalue weighted by atomic mass is 16.6. The second-order valence-electron chi connectivity index (χ2n) is 5.93. The van der Waals surface area contributed by atoms with E-state index in [4.69, 9.17) is 0 Å². The van der Waals surface area contributed by atoms with Crippen LogP contribution in [0.25, 0.3) is 0 Å². The minimum Gasteiger partial charge on any atom is -0.393 e. The maximum atomic E-state index is 11.4. The van der Waals surface area contributed by atoms with Gasteiger partial charge in [-0.2, -0.15) is 0 Å². The molecule has 0 saturated carbocycles. The predicted octanol–water partition coefficient (Wildman–Crippen LogP) is 2.29. The van der Waals surface area contributed by atoms with Crippen molar-refractivity contribution >= 4 is 17.2 Å². The lowest BCUT2D eigenvalue weighted by molar-refractivity contribution is -0.384. The maximum Gasteiger partial charge on any atom is 0.293 e. The smallest absolute Gasteiger partial charge is 0.293 e. The summed E-state index contributed by atoms with van der Waals surface area (Å²) in [6.45, 7) is 1.40. The normalized spacial score (nSPS) is 27.7. The Morgan fingerprint density at radius 2 is 1.95 bits per heavy atom. The number of nitro benzene ring substituents is 1. The molecule has 2 aliphatic rings. The van der Waals surface area contributed by atoms with E-state index in [0.29, 0.717) is 24.1 Å². The fourth-order valence-electron chi connectivity index (χ4n) is 3.65. The van der Waals surface area contributed by atoms with Crippen LogP contribution >= 0.6 is 0 Å². The van der Waals surface area contributed by atoms with E-state index in [1.165, 1.54) is 13.0 Å². The number of carbonyl (C=O) groups excluding carboxylic acids is 1. The van der Waals surface area contributed by atoms with Crippen LogP contribution in [-0.4, -0.2) is 34.0 Å². The van der Waals surface area contributed by atoms with Gasteiger partial charge in [-0.1, -0.05) is 0 Å². The zero-order chi connectivity index (χ0) is 15.1. The zero-order valence-electron chi connectivity index (χ0n) is 11.9. The third kappa shape index (κ3) is 2.40. The van der Waals surface area contributed by atoms with Crippen molar-refractivity contribution in [1.82, 2.24) is 0 Å². The maximum absolute atomic E-state index is 11.4. The third-order valence-corrected chi connectivity index (χ3v) is 4.57. The van der Waals surface area contributed by atoms with E-state index >= 15 is 0 Å². The van der Waals surface area contributed by atoms with Gasteiger partial charge in [-0.3, -0.25) is 14.9 Å². The first-order valence-electron chi connectivity index (χ1n) is 7.23. The molecule has 0 amide bonds. The van der Waals surface area contributed by atoms with Crippen LogP contribution in [0.2, 0.25) is 0 Å². The topological polar surface area (TPSA) is 83.7 Å². The number of ketones is 1. The molecule has 0 spiro atoms. The van der Waals surface area contributed by atoms with Gasteiger partial charge in [0.15, 0.2) is 5.78 Å². The van der Waals surface area contributed by atoms with Gasteiger partial charge in [-0.15, -0.1) is 0 Å². The van der Waals surface area contributed by atoms with Crippen LogP contribution < -0.4 is 4.90 Å². The van der Waals surface area contributed by atoms with Gasteiger partial charge in [-0.25, -0.2) is 0 Å². The summed E-state index contributed by atoms with van der Waals surface area (Å²) >= 11 is 0. The molecule has 1 aromatic rings. The average molecular weight is 290 g/mol. The Morgan fingerprint density at radius 1 is 1.33 bits per heavy atom. The van der Waals surface area contributed by atoms with Crippen LogP contribution in [-0.2, 0) is 0 Å². The quantitative estimate of drug-likeness (QED) is 0.524. The molecule has 1 aromatic carbocycles. The Hall–Kier alpha value is -1.95. The van der Waals surface area contributed by atoms with Gasteiger partial charge in [-0.05, 0) is 44.7 Å². The summed E-state index contributed by atoms with van der Waals surface area (Å²) in [6.07, 6.45) is 2.90. The summed E-state index contributed by atoms with van der Waals surface area (Å²) < 4.78 is 0. The predicted molar refractivity (Wildman–Crippen MR) is 77.6 cm³/mol. The Kier molecular flexibility index (Phi) is 3.41. The standard InChI is InChI=1S/C15H18N2O4/c1-9(18)10-2-5-14(15(6-10)17(20)21)16-11-3-4-12(16)8-13(19)7-11/h2,5-6,11-13,19H,3-4,7-8H2,1H3. The van der Waals surface area contributed by atoms with Gasteiger partial charge in [0.25, 0.3) is 5.69 Å². The SMILES string of the molecule is CC(=O)c1ccc(N2C3CCC2CC(O)C3)c([N+](=O)[O-])c1. The van der Waals surface area contributed by atoms with Crippen LogP contribution in [0.3, 0.4) is 0 Å². The molecule has 2 saturated heterocycles. The molecule has 2 fully saturated rings. The van der Waals surface area contributed by atoms with E-state index in [-0.39, 0.29) is 29.7 Å². The van der Waals surface area contributed by atoms with E-state index in [1.807, 2.05) is 0 Å². The number of nitro groups is 1. The number of aliphatic hydroxyl groups is 1. The van der Waals surface area contributed by atoms with Crippen LogP contribution in [0.5, 0.6) is 0 Å². The molecular weight excluding hydrogens is 272 g/mol. The first-order valence-corrected chi connectivity index (χ1v) is 7.23. The Bertz CT molecular complexity index is 587. The molecule has 2 atom stereocenters. The molecule has 1 N–H and O–H groups in total. The number of nitrogens with zero attached hydrogens (tertiary/aromatic N) is 2. The summed E-state index contributed by atoms with van der Waals surface area (Å²) in [4.78, 5) is 24.4.